The van der Waals surface area contributed by atoms with Crippen LogP contribution in [0.2, 0.25) is 10.0 Å². The molecular formula is C15H6Br2Cl2N2O3S. The molecule has 1 aromatic heterocycles. The maximum Gasteiger partial charge on any atom is 0.270 e. The molecule has 1 aliphatic heterocycles. The van der Waals surface area contributed by atoms with Crippen LogP contribution >= 0.6 is 67.3 Å². The number of hydrogen-bond acceptors (Lipinski definition) is 4. The third-order valence-corrected chi connectivity index (χ3v) is 5.95. The largest absolute Gasteiger partial charge is 0.449 e. The zero-order valence-corrected chi connectivity index (χ0v) is 17.5. The van der Waals surface area contributed by atoms with Gasteiger partial charge in [-0.05, 0) is 74.4 Å². The topological polar surface area (TPSA) is 62.6 Å². The minimum Gasteiger partial charge on any atom is -0.449 e. The van der Waals surface area contributed by atoms with Crippen LogP contribution in [0.15, 0.2) is 43.4 Å². The van der Waals surface area contributed by atoms with Crippen molar-refractivity contribution in [2.75, 3.05) is 4.90 Å². The molecule has 2 amide bonds. The Hall–Kier alpha value is -1.19. The highest BCUT2D eigenvalue weighted by atomic mass is 79.9. The number of carbonyl (C=O) groups excluding carboxylic acids is 2. The van der Waals surface area contributed by atoms with Gasteiger partial charge in [0.2, 0.25) is 0 Å². The van der Waals surface area contributed by atoms with Crippen molar-refractivity contribution in [2.24, 2.45) is 0 Å². The van der Waals surface area contributed by atoms with Crippen LogP contribution in [0.5, 0.6) is 0 Å². The predicted molar refractivity (Wildman–Crippen MR) is 107 cm³/mol. The highest BCUT2D eigenvalue weighted by Crippen LogP contribution is 2.31. The predicted octanol–water partition coefficient (Wildman–Crippen LogP) is 4.94. The van der Waals surface area contributed by atoms with Gasteiger partial charge >= 0.3 is 0 Å². The van der Waals surface area contributed by atoms with Crippen molar-refractivity contribution in [3.8, 4) is 0 Å². The zero-order chi connectivity index (χ0) is 18.3. The Morgan fingerprint density at radius 1 is 1.16 bits per heavy atom. The standard InChI is InChI=1S/C15H6Br2Cl2N2O3S/c16-9-5-7(24-12(9)17)4-8-13(22)20-15(25)21(14(8)23)6-1-2-10(18)11(19)3-6/h1-5H,(H,20,22,25)/b8-4+. The van der Waals surface area contributed by atoms with E-state index in [-0.39, 0.29) is 15.7 Å². The highest BCUT2D eigenvalue weighted by Gasteiger charge is 2.35. The summed E-state index contributed by atoms with van der Waals surface area (Å²) < 4.78 is 6.48. The number of carbonyl (C=O) groups is 2. The van der Waals surface area contributed by atoms with Crippen LogP contribution in [0.3, 0.4) is 0 Å². The first-order valence-electron chi connectivity index (χ1n) is 6.59. The molecule has 0 bridgehead atoms. The van der Waals surface area contributed by atoms with Crippen LogP contribution in [0.4, 0.5) is 5.69 Å². The molecule has 0 atom stereocenters. The Labute approximate surface area is 174 Å². The Bertz CT molecular complexity index is 939. The minimum absolute atomic E-state index is 0.0488. The lowest BCUT2D eigenvalue weighted by molar-refractivity contribution is -0.122. The van der Waals surface area contributed by atoms with Crippen LogP contribution in [0, 0.1) is 0 Å². The number of anilines is 1. The summed E-state index contributed by atoms with van der Waals surface area (Å²) in [4.78, 5) is 26.2. The Morgan fingerprint density at radius 3 is 2.48 bits per heavy atom. The number of amides is 2. The van der Waals surface area contributed by atoms with Crippen molar-refractivity contribution >= 4 is 96.0 Å². The quantitative estimate of drug-likeness (QED) is 0.343. The van der Waals surface area contributed by atoms with Crippen molar-refractivity contribution in [1.82, 2.24) is 5.32 Å². The zero-order valence-electron chi connectivity index (χ0n) is 12.0. The maximum absolute atomic E-state index is 12.8. The van der Waals surface area contributed by atoms with Crippen LogP contribution < -0.4 is 10.2 Å². The lowest BCUT2D eigenvalue weighted by Gasteiger charge is -2.28. The van der Waals surface area contributed by atoms with E-state index in [1.54, 1.807) is 12.1 Å². The lowest BCUT2D eigenvalue weighted by Crippen LogP contribution is -2.54. The van der Waals surface area contributed by atoms with Gasteiger partial charge in [0, 0.05) is 0 Å². The van der Waals surface area contributed by atoms with Crippen molar-refractivity contribution in [1.29, 1.82) is 0 Å². The molecule has 5 nitrogen and oxygen atoms in total. The van der Waals surface area contributed by atoms with Crippen LogP contribution in [-0.2, 0) is 9.59 Å². The first kappa shape index (κ1) is 18.6. The van der Waals surface area contributed by atoms with Gasteiger partial charge in [0.15, 0.2) is 9.78 Å². The van der Waals surface area contributed by atoms with E-state index in [0.29, 0.717) is 25.6 Å². The van der Waals surface area contributed by atoms with E-state index in [1.165, 1.54) is 18.2 Å². The smallest absolute Gasteiger partial charge is 0.270 e. The highest BCUT2D eigenvalue weighted by molar-refractivity contribution is 9.13. The average molecular weight is 525 g/mol. The first-order valence-corrected chi connectivity index (χ1v) is 9.34. The number of furan rings is 1. The Balaban J connectivity index is 2.03. The molecule has 0 aliphatic carbocycles. The normalized spacial score (nSPS) is 16.6. The van der Waals surface area contributed by atoms with E-state index in [0.717, 1.165) is 4.90 Å². The van der Waals surface area contributed by atoms with Crippen LogP contribution in [0.25, 0.3) is 6.08 Å². The Kier molecular flexibility index (Phi) is 5.36. The fraction of sp³-hybridized carbons (Fsp3) is 0. The Morgan fingerprint density at radius 2 is 1.88 bits per heavy atom. The molecule has 1 saturated heterocycles. The molecule has 2 heterocycles. The monoisotopic (exact) mass is 522 g/mol. The summed E-state index contributed by atoms with van der Waals surface area (Å²) in [6.45, 7) is 0. The third kappa shape index (κ3) is 3.68. The molecule has 1 aromatic carbocycles. The number of halogens is 4. The molecular weight excluding hydrogens is 519 g/mol. The van der Waals surface area contributed by atoms with Gasteiger partial charge in [0.25, 0.3) is 11.8 Å². The van der Waals surface area contributed by atoms with E-state index in [1.807, 2.05) is 0 Å². The molecule has 25 heavy (non-hydrogen) atoms. The molecule has 0 saturated carbocycles. The molecule has 10 heteroatoms. The van der Waals surface area contributed by atoms with Gasteiger partial charge in [-0.25, -0.2) is 0 Å². The van der Waals surface area contributed by atoms with Crippen molar-refractivity contribution in [3.63, 3.8) is 0 Å². The molecule has 2 aromatic rings. The fourth-order valence-electron chi connectivity index (χ4n) is 2.09. The second kappa shape index (κ2) is 7.20. The SMILES string of the molecule is O=C1NC(=S)N(c2ccc(Cl)c(Cl)c2)C(=O)/C1=C/c1cc(Br)c(Br)o1. The first-order chi connectivity index (χ1) is 11.8. The molecule has 0 radical (unpaired) electrons. The minimum atomic E-state index is -0.616. The number of nitrogens with zero attached hydrogens (tertiary/aromatic N) is 1. The summed E-state index contributed by atoms with van der Waals surface area (Å²) in [5.41, 5.74) is 0.255. The summed E-state index contributed by atoms with van der Waals surface area (Å²) >= 11 is 23.5. The molecule has 0 unspecified atom stereocenters. The van der Waals surface area contributed by atoms with Crippen molar-refractivity contribution < 1.29 is 14.0 Å². The van der Waals surface area contributed by atoms with Gasteiger partial charge in [-0.2, -0.15) is 0 Å². The van der Waals surface area contributed by atoms with Gasteiger partial charge in [-0.1, -0.05) is 23.2 Å². The number of thiocarbonyl (C=S) groups is 1. The van der Waals surface area contributed by atoms with E-state index < -0.39 is 11.8 Å². The van der Waals surface area contributed by atoms with Gasteiger partial charge in [0.1, 0.15) is 11.3 Å². The van der Waals surface area contributed by atoms with E-state index in [2.05, 4.69) is 37.2 Å². The fourth-order valence-corrected chi connectivity index (χ4v) is 3.27. The number of rotatable bonds is 2. The van der Waals surface area contributed by atoms with E-state index >= 15 is 0 Å². The average Bonchev–Trinajstić information content (AvgIpc) is 2.85. The molecule has 0 spiro atoms. The van der Waals surface area contributed by atoms with Crippen molar-refractivity contribution in [3.05, 3.63) is 54.8 Å². The summed E-state index contributed by atoms with van der Waals surface area (Å²) in [5.74, 6) is -0.898. The molecule has 1 aliphatic rings. The molecule has 3 rings (SSSR count). The van der Waals surface area contributed by atoms with Gasteiger partial charge in [0.05, 0.1) is 20.2 Å². The number of benzene rings is 1. The molecule has 1 N–H and O–H groups in total. The van der Waals surface area contributed by atoms with Crippen molar-refractivity contribution in [2.45, 2.75) is 0 Å². The maximum atomic E-state index is 12.8. The van der Waals surface area contributed by atoms with Gasteiger partial charge in [-0.3, -0.25) is 19.8 Å². The summed E-state index contributed by atoms with van der Waals surface area (Å²) in [6.07, 6.45) is 1.33. The van der Waals surface area contributed by atoms with E-state index in [4.69, 9.17) is 39.8 Å². The van der Waals surface area contributed by atoms with Crippen LogP contribution in [0.1, 0.15) is 5.76 Å². The summed E-state index contributed by atoms with van der Waals surface area (Å²) in [7, 11) is 0. The number of hydrogen-bond donors (Lipinski definition) is 1. The lowest BCUT2D eigenvalue weighted by atomic mass is 10.1. The van der Waals surface area contributed by atoms with E-state index in [9.17, 15) is 9.59 Å². The van der Waals surface area contributed by atoms with Gasteiger partial charge in [-0.15, -0.1) is 0 Å². The van der Waals surface area contributed by atoms with Gasteiger partial charge < -0.3 is 4.42 Å². The third-order valence-electron chi connectivity index (χ3n) is 3.21. The summed E-state index contributed by atoms with van der Waals surface area (Å²) in [5, 5.41) is 3.02. The molecule has 1 fully saturated rings. The number of nitrogens with one attached hydrogen (secondary N) is 1. The second-order valence-corrected chi connectivity index (χ2v) is 7.60. The molecule has 128 valence electrons. The van der Waals surface area contributed by atoms with Crippen LogP contribution in [-0.4, -0.2) is 16.9 Å². The second-order valence-electron chi connectivity index (χ2n) is 4.83. The summed E-state index contributed by atoms with van der Waals surface area (Å²) in [6, 6.07) is 6.22.